The van der Waals surface area contributed by atoms with E-state index in [9.17, 15) is 9.59 Å². The average Bonchev–Trinajstić information content (AvgIpc) is 2.52. The Hall–Kier alpha value is -1.84. The number of unbranched alkanes of at least 4 members (excludes halogenated alkanes) is 2. The standard InChI is InChI=1S/C20H32N2O2/c1-7-8-9-13-21-18(23)20(5,6)19(24)22-17-15(4)11-10-12-16(17)14(2)3/h10-12,14H,7-9,13H2,1-6H3,(H,21,23)(H,22,24). The van der Waals surface area contributed by atoms with Gasteiger partial charge in [0.05, 0.1) is 0 Å². The SMILES string of the molecule is CCCCCNC(=O)C(C)(C)C(=O)Nc1c(C)cccc1C(C)C. The highest BCUT2D eigenvalue weighted by molar-refractivity contribution is 6.10. The predicted molar refractivity (Wildman–Crippen MR) is 100 cm³/mol. The Balaban J connectivity index is 2.84. The Morgan fingerprint density at radius 3 is 2.38 bits per heavy atom. The Morgan fingerprint density at radius 2 is 1.79 bits per heavy atom. The molecule has 2 N–H and O–H groups in total. The van der Waals surface area contributed by atoms with Crippen LogP contribution in [0.1, 0.15) is 70.9 Å². The number of benzene rings is 1. The summed E-state index contributed by atoms with van der Waals surface area (Å²) < 4.78 is 0. The van der Waals surface area contributed by atoms with Gasteiger partial charge in [-0.15, -0.1) is 0 Å². The van der Waals surface area contributed by atoms with Crippen LogP contribution in [0.3, 0.4) is 0 Å². The Morgan fingerprint density at radius 1 is 1.12 bits per heavy atom. The van der Waals surface area contributed by atoms with Crippen LogP contribution in [0.4, 0.5) is 5.69 Å². The van der Waals surface area contributed by atoms with Crippen molar-refractivity contribution >= 4 is 17.5 Å². The topological polar surface area (TPSA) is 58.2 Å². The summed E-state index contributed by atoms with van der Waals surface area (Å²) in [5.74, 6) is -0.200. The molecule has 0 unspecified atom stereocenters. The van der Waals surface area contributed by atoms with E-state index in [0.29, 0.717) is 12.5 Å². The summed E-state index contributed by atoms with van der Waals surface area (Å²) in [6.45, 7) is 12.2. The summed E-state index contributed by atoms with van der Waals surface area (Å²) in [5.41, 5.74) is 1.81. The number of nitrogens with one attached hydrogen (secondary N) is 2. The van der Waals surface area contributed by atoms with E-state index in [1.807, 2.05) is 25.1 Å². The molecule has 0 aliphatic rings. The van der Waals surface area contributed by atoms with Gasteiger partial charge in [-0.3, -0.25) is 9.59 Å². The molecule has 0 bridgehead atoms. The molecule has 1 aromatic carbocycles. The van der Waals surface area contributed by atoms with Crippen molar-refractivity contribution < 1.29 is 9.59 Å². The summed E-state index contributed by atoms with van der Waals surface area (Å²) >= 11 is 0. The molecule has 0 aliphatic carbocycles. The van der Waals surface area contributed by atoms with Crippen molar-refractivity contribution in [3.05, 3.63) is 29.3 Å². The predicted octanol–water partition coefficient (Wildman–Crippen LogP) is 4.39. The second-order valence-corrected chi connectivity index (χ2v) is 7.24. The van der Waals surface area contributed by atoms with Gasteiger partial charge in [0.1, 0.15) is 5.41 Å². The van der Waals surface area contributed by atoms with Gasteiger partial charge in [0.25, 0.3) is 0 Å². The van der Waals surface area contributed by atoms with Gasteiger partial charge in [-0.1, -0.05) is 51.8 Å². The first-order valence-electron chi connectivity index (χ1n) is 8.91. The number of amides is 2. The third kappa shape index (κ3) is 5.08. The van der Waals surface area contributed by atoms with Crippen molar-refractivity contribution in [3.63, 3.8) is 0 Å². The van der Waals surface area contributed by atoms with Gasteiger partial charge >= 0.3 is 0 Å². The molecular weight excluding hydrogens is 300 g/mol. The van der Waals surface area contributed by atoms with Crippen molar-refractivity contribution in [3.8, 4) is 0 Å². The average molecular weight is 332 g/mol. The lowest BCUT2D eigenvalue weighted by molar-refractivity contribution is -0.138. The van der Waals surface area contributed by atoms with E-state index in [2.05, 4.69) is 31.4 Å². The molecule has 134 valence electrons. The first kappa shape index (κ1) is 20.2. The van der Waals surface area contributed by atoms with Crippen LogP contribution < -0.4 is 10.6 Å². The van der Waals surface area contributed by atoms with E-state index in [4.69, 9.17) is 0 Å². The smallest absolute Gasteiger partial charge is 0.239 e. The van der Waals surface area contributed by atoms with E-state index in [1.54, 1.807) is 13.8 Å². The molecule has 0 aliphatic heterocycles. The Kier molecular flexibility index (Phi) is 7.46. The van der Waals surface area contributed by atoms with Crippen LogP contribution in [0, 0.1) is 12.3 Å². The van der Waals surface area contributed by atoms with Gasteiger partial charge in [0, 0.05) is 12.2 Å². The third-order valence-corrected chi connectivity index (χ3v) is 4.37. The summed E-state index contributed by atoms with van der Waals surface area (Å²) in [6.07, 6.45) is 3.12. The fraction of sp³-hybridized carbons (Fsp3) is 0.600. The number of hydrogen-bond acceptors (Lipinski definition) is 2. The second kappa shape index (κ2) is 8.86. The van der Waals surface area contributed by atoms with Gasteiger partial charge in [-0.2, -0.15) is 0 Å². The quantitative estimate of drug-likeness (QED) is 0.548. The lowest BCUT2D eigenvalue weighted by Crippen LogP contribution is -2.45. The van der Waals surface area contributed by atoms with E-state index >= 15 is 0 Å². The van der Waals surface area contributed by atoms with Crippen LogP contribution in [-0.2, 0) is 9.59 Å². The summed E-state index contributed by atoms with van der Waals surface area (Å²) in [6, 6.07) is 5.98. The minimum atomic E-state index is -1.11. The van der Waals surface area contributed by atoms with Gasteiger partial charge in [-0.05, 0) is 44.2 Å². The summed E-state index contributed by atoms with van der Waals surface area (Å²) in [5, 5.41) is 5.86. The Bertz CT molecular complexity index is 577. The molecule has 1 rings (SSSR count). The first-order chi connectivity index (χ1) is 11.2. The molecule has 0 saturated carbocycles. The molecule has 0 radical (unpaired) electrons. The van der Waals surface area contributed by atoms with Crippen LogP contribution in [0.25, 0.3) is 0 Å². The van der Waals surface area contributed by atoms with Crippen molar-refractivity contribution in [1.29, 1.82) is 0 Å². The molecule has 24 heavy (non-hydrogen) atoms. The molecule has 4 heteroatoms. The number of rotatable bonds is 8. The highest BCUT2D eigenvalue weighted by atomic mass is 16.2. The number of para-hydroxylation sites is 1. The van der Waals surface area contributed by atoms with Crippen LogP contribution in [0.2, 0.25) is 0 Å². The largest absolute Gasteiger partial charge is 0.355 e. The molecule has 0 saturated heterocycles. The monoisotopic (exact) mass is 332 g/mol. The van der Waals surface area contributed by atoms with Crippen LogP contribution in [0.5, 0.6) is 0 Å². The van der Waals surface area contributed by atoms with Crippen LogP contribution in [-0.4, -0.2) is 18.4 Å². The highest BCUT2D eigenvalue weighted by Crippen LogP contribution is 2.29. The maximum atomic E-state index is 12.7. The van der Waals surface area contributed by atoms with E-state index < -0.39 is 5.41 Å². The second-order valence-electron chi connectivity index (χ2n) is 7.24. The van der Waals surface area contributed by atoms with E-state index in [0.717, 1.165) is 36.1 Å². The summed E-state index contributed by atoms with van der Waals surface area (Å²) in [4.78, 5) is 25.1. The number of carbonyl (C=O) groups is 2. The number of carbonyl (C=O) groups excluding carboxylic acids is 2. The zero-order valence-electron chi connectivity index (χ0n) is 16.0. The molecule has 0 atom stereocenters. The molecule has 0 aromatic heterocycles. The zero-order valence-corrected chi connectivity index (χ0v) is 16.0. The van der Waals surface area contributed by atoms with Crippen LogP contribution in [0.15, 0.2) is 18.2 Å². The molecule has 0 spiro atoms. The normalized spacial score (nSPS) is 11.5. The lowest BCUT2D eigenvalue weighted by Gasteiger charge is -2.25. The fourth-order valence-corrected chi connectivity index (χ4v) is 2.51. The highest BCUT2D eigenvalue weighted by Gasteiger charge is 2.36. The number of aryl methyl sites for hydroxylation is 1. The van der Waals surface area contributed by atoms with Gasteiger partial charge in [0.15, 0.2) is 0 Å². The molecule has 4 nitrogen and oxygen atoms in total. The van der Waals surface area contributed by atoms with Gasteiger partial charge in [-0.25, -0.2) is 0 Å². The van der Waals surface area contributed by atoms with Crippen molar-refractivity contribution in [1.82, 2.24) is 5.32 Å². The Labute approximate surface area is 146 Å². The molecule has 0 fully saturated rings. The van der Waals surface area contributed by atoms with Crippen molar-refractivity contribution in [2.24, 2.45) is 5.41 Å². The number of anilines is 1. The lowest BCUT2D eigenvalue weighted by atomic mass is 9.90. The number of hydrogen-bond donors (Lipinski definition) is 2. The minimum Gasteiger partial charge on any atom is -0.355 e. The molecular formula is C20H32N2O2. The minimum absolute atomic E-state index is 0.226. The van der Waals surface area contributed by atoms with E-state index in [1.165, 1.54) is 0 Å². The molecule has 0 heterocycles. The molecule has 1 aromatic rings. The maximum Gasteiger partial charge on any atom is 0.239 e. The maximum absolute atomic E-state index is 12.7. The van der Waals surface area contributed by atoms with Gasteiger partial charge < -0.3 is 10.6 Å². The van der Waals surface area contributed by atoms with E-state index in [-0.39, 0.29) is 11.8 Å². The fourth-order valence-electron chi connectivity index (χ4n) is 2.51. The van der Waals surface area contributed by atoms with Crippen molar-refractivity contribution in [2.75, 3.05) is 11.9 Å². The molecule has 2 amide bonds. The zero-order chi connectivity index (χ0) is 18.3. The summed E-state index contributed by atoms with van der Waals surface area (Å²) in [7, 11) is 0. The third-order valence-electron chi connectivity index (χ3n) is 4.37. The van der Waals surface area contributed by atoms with Gasteiger partial charge in [0.2, 0.25) is 11.8 Å². The first-order valence-corrected chi connectivity index (χ1v) is 8.91. The van der Waals surface area contributed by atoms with Crippen molar-refractivity contribution in [2.45, 2.75) is 66.7 Å². The van der Waals surface area contributed by atoms with Crippen LogP contribution >= 0.6 is 0 Å².